The van der Waals surface area contributed by atoms with Crippen molar-refractivity contribution in [3.05, 3.63) is 41.9 Å². The van der Waals surface area contributed by atoms with E-state index in [1.54, 1.807) is 12.4 Å². The van der Waals surface area contributed by atoms with E-state index in [1.807, 2.05) is 32.0 Å². The third-order valence-corrected chi connectivity index (χ3v) is 3.46. The Bertz CT molecular complexity index is 798. The standard InChI is InChI=1S/C16H17N5/c1-4-17-15-10(2)11(3)20-16(21-15)12-5-6-13-14(9-12)19-8-7-18-13/h5-9H,4H2,1-3H3,(H,17,20,21). The van der Waals surface area contributed by atoms with Gasteiger partial charge in [0.2, 0.25) is 0 Å². The van der Waals surface area contributed by atoms with Gasteiger partial charge >= 0.3 is 0 Å². The summed E-state index contributed by atoms with van der Waals surface area (Å²) in [7, 11) is 0. The van der Waals surface area contributed by atoms with Crippen molar-refractivity contribution in [3.63, 3.8) is 0 Å². The maximum Gasteiger partial charge on any atom is 0.161 e. The Labute approximate surface area is 123 Å². The molecule has 3 aromatic rings. The summed E-state index contributed by atoms with van der Waals surface area (Å²) < 4.78 is 0. The van der Waals surface area contributed by atoms with Gasteiger partial charge in [0, 0.05) is 35.8 Å². The first kappa shape index (κ1) is 13.4. The summed E-state index contributed by atoms with van der Waals surface area (Å²) in [5, 5.41) is 3.28. The number of nitrogens with one attached hydrogen (secondary N) is 1. The number of aromatic nitrogens is 4. The van der Waals surface area contributed by atoms with Crippen molar-refractivity contribution in [1.82, 2.24) is 19.9 Å². The monoisotopic (exact) mass is 279 g/mol. The van der Waals surface area contributed by atoms with Crippen molar-refractivity contribution in [2.45, 2.75) is 20.8 Å². The Morgan fingerprint density at radius 3 is 2.52 bits per heavy atom. The van der Waals surface area contributed by atoms with Crippen molar-refractivity contribution in [1.29, 1.82) is 0 Å². The SMILES string of the molecule is CCNc1nc(-c2ccc3nccnc3c2)nc(C)c1C. The van der Waals surface area contributed by atoms with Crippen LogP contribution >= 0.6 is 0 Å². The number of anilines is 1. The Hall–Kier alpha value is -2.56. The molecule has 0 atom stereocenters. The van der Waals surface area contributed by atoms with Crippen LogP contribution in [-0.4, -0.2) is 26.5 Å². The quantitative estimate of drug-likeness (QED) is 0.798. The van der Waals surface area contributed by atoms with E-state index in [4.69, 9.17) is 0 Å². The zero-order valence-corrected chi connectivity index (χ0v) is 12.4. The zero-order chi connectivity index (χ0) is 14.8. The lowest BCUT2D eigenvalue weighted by molar-refractivity contribution is 1.05. The highest BCUT2D eigenvalue weighted by Crippen LogP contribution is 2.23. The maximum atomic E-state index is 4.63. The minimum absolute atomic E-state index is 0.710. The van der Waals surface area contributed by atoms with Crippen LogP contribution in [0.2, 0.25) is 0 Å². The van der Waals surface area contributed by atoms with Crippen LogP contribution in [0.3, 0.4) is 0 Å². The average molecular weight is 279 g/mol. The van der Waals surface area contributed by atoms with Gasteiger partial charge in [0.25, 0.3) is 0 Å². The average Bonchev–Trinajstić information content (AvgIpc) is 2.51. The van der Waals surface area contributed by atoms with Crippen LogP contribution in [0.4, 0.5) is 5.82 Å². The van der Waals surface area contributed by atoms with Gasteiger partial charge in [-0.2, -0.15) is 0 Å². The van der Waals surface area contributed by atoms with Crippen LogP contribution in [0.1, 0.15) is 18.2 Å². The second-order valence-electron chi connectivity index (χ2n) is 4.90. The minimum Gasteiger partial charge on any atom is -0.370 e. The van der Waals surface area contributed by atoms with Crippen LogP contribution in [0.15, 0.2) is 30.6 Å². The van der Waals surface area contributed by atoms with Gasteiger partial charge in [-0.3, -0.25) is 9.97 Å². The first-order valence-electron chi connectivity index (χ1n) is 6.99. The van der Waals surface area contributed by atoms with Crippen LogP contribution in [-0.2, 0) is 0 Å². The molecule has 5 nitrogen and oxygen atoms in total. The predicted molar refractivity (Wildman–Crippen MR) is 84.2 cm³/mol. The Balaban J connectivity index is 2.13. The molecule has 0 unspecified atom stereocenters. The van der Waals surface area contributed by atoms with Crippen molar-refractivity contribution in [2.24, 2.45) is 0 Å². The van der Waals surface area contributed by atoms with Crippen LogP contribution in [0.5, 0.6) is 0 Å². The summed E-state index contributed by atoms with van der Waals surface area (Å²) in [6.07, 6.45) is 3.38. The van der Waals surface area contributed by atoms with E-state index in [-0.39, 0.29) is 0 Å². The largest absolute Gasteiger partial charge is 0.370 e. The lowest BCUT2D eigenvalue weighted by Crippen LogP contribution is -2.06. The summed E-state index contributed by atoms with van der Waals surface area (Å²) in [5.74, 6) is 1.60. The van der Waals surface area contributed by atoms with Crippen LogP contribution in [0, 0.1) is 13.8 Å². The normalized spacial score (nSPS) is 10.8. The molecule has 2 aromatic heterocycles. The molecule has 0 bridgehead atoms. The molecule has 0 spiro atoms. The van der Waals surface area contributed by atoms with Crippen molar-refractivity contribution in [2.75, 3.05) is 11.9 Å². The maximum absolute atomic E-state index is 4.63. The molecule has 5 heteroatoms. The van der Waals surface area contributed by atoms with Gasteiger partial charge < -0.3 is 5.32 Å². The molecule has 0 aliphatic heterocycles. The summed E-state index contributed by atoms with van der Waals surface area (Å²) >= 11 is 0. The van der Waals surface area contributed by atoms with Crippen molar-refractivity contribution >= 4 is 16.9 Å². The Morgan fingerprint density at radius 2 is 1.76 bits per heavy atom. The van der Waals surface area contributed by atoms with Gasteiger partial charge in [0.1, 0.15) is 5.82 Å². The smallest absolute Gasteiger partial charge is 0.161 e. The lowest BCUT2D eigenvalue weighted by Gasteiger charge is -2.11. The number of aryl methyl sites for hydroxylation is 1. The molecule has 0 fully saturated rings. The zero-order valence-electron chi connectivity index (χ0n) is 12.4. The number of benzene rings is 1. The fourth-order valence-corrected chi connectivity index (χ4v) is 2.20. The van der Waals surface area contributed by atoms with Gasteiger partial charge in [-0.05, 0) is 39.0 Å². The fourth-order valence-electron chi connectivity index (χ4n) is 2.20. The third kappa shape index (κ3) is 2.54. The lowest BCUT2D eigenvalue weighted by atomic mass is 10.1. The number of hydrogen-bond donors (Lipinski definition) is 1. The van der Waals surface area contributed by atoms with Crippen molar-refractivity contribution < 1.29 is 0 Å². The predicted octanol–water partition coefficient (Wildman–Crippen LogP) is 3.14. The van der Waals surface area contributed by atoms with Gasteiger partial charge in [0.15, 0.2) is 5.82 Å². The van der Waals surface area contributed by atoms with Gasteiger partial charge in [-0.25, -0.2) is 9.97 Å². The van der Waals surface area contributed by atoms with Gasteiger partial charge in [-0.1, -0.05) is 0 Å². The number of fused-ring (bicyclic) bond motifs is 1. The molecule has 0 saturated carbocycles. The summed E-state index contributed by atoms with van der Waals surface area (Å²) in [6.45, 7) is 6.92. The molecule has 0 aliphatic carbocycles. The van der Waals surface area contributed by atoms with Crippen LogP contribution < -0.4 is 5.32 Å². The van der Waals surface area contributed by atoms with E-state index in [0.717, 1.165) is 40.2 Å². The molecule has 0 aliphatic rings. The van der Waals surface area contributed by atoms with Crippen molar-refractivity contribution in [3.8, 4) is 11.4 Å². The molecule has 1 aromatic carbocycles. The molecular weight excluding hydrogens is 262 g/mol. The Morgan fingerprint density at radius 1 is 1.00 bits per heavy atom. The third-order valence-electron chi connectivity index (χ3n) is 3.46. The molecular formula is C16H17N5. The molecule has 21 heavy (non-hydrogen) atoms. The van der Waals surface area contributed by atoms with Gasteiger partial charge in [-0.15, -0.1) is 0 Å². The number of nitrogens with zero attached hydrogens (tertiary/aromatic N) is 4. The molecule has 1 N–H and O–H groups in total. The Kier molecular flexibility index (Phi) is 3.48. The fraction of sp³-hybridized carbons (Fsp3) is 0.250. The number of rotatable bonds is 3. The van der Waals surface area contributed by atoms with Crippen LogP contribution in [0.25, 0.3) is 22.4 Å². The second kappa shape index (κ2) is 5.44. The highest BCUT2D eigenvalue weighted by atomic mass is 15.0. The minimum atomic E-state index is 0.710. The molecule has 106 valence electrons. The molecule has 0 saturated heterocycles. The van der Waals surface area contributed by atoms with E-state index < -0.39 is 0 Å². The van der Waals surface area contributed by atoms with E-state index in [0.29, 0.717) is 5.82 Å². The summed E-state index contributed by atoms with van der Waals surface area (Å²) in [4.78, 5) is 17.8. The molecule has 0 amide bonds. The number of hydrogen-bond acceptors (Lipinski definition) is 5. The van der Waals surface area contributed by atoms with E-state index in [2.05, 4.69) is 32.2 Å². The molecule has 0 radical (unpaired) electrons. The summed E-state index contributed by atoms with van der Waals surface area (Å²) in [6, 6.07) is 5.90. The van der Waals surface area contributed by atoms with E-state index >= 15 is 0 Å². The molecule has 2 heterocycles. The summed E-state index contributed by atoms with van der Waals surface area (Å²) in [5.41, 5.74) is 4.74. The highest BCUT2D eigenvalue weighted by molar-refractivity contribution is 5.79. The first-order chi connectivity index (χ1) is 10.2. The topological polar surface area (TPSA) is 63.6 Å². The van der Waals surface area contributed by atoms with E-state index in [1.165, 1.54) is 0 Å². The highest BCUT2D eigenvalue weighted by Gasteiger charge is 2.10. The first-order valence-corrected chi connectivity index (χ1v) is 6.99. The van der Waals surface area contributed by atoms with Gasteiger partial charge in [0.05, 0.1) is 11.0 Å². The second-order valence-corrected chi connectivity index (χ2v) is 4.90. The van der Waals surface area contributed by atoms with E-state index in [9.17, 15) is 0 Å². The molecule has 3 rings (SSSR count).